The van der Waals surface area contributed by atoms with Crippen molar-refractivity contribution in [2.75, 3.05) is 46.9 Å². The molecule has 1 heterocycles. The molecule has 1 aliphatic heterocycles. The Hall–Kier alpha value is -2.58. The smallest absolute Gasteiger partial charge is 0.243 e. The van der Waals surface area contributed by atoms with E-state index in [-0.39, 0.29) is 30.3 Å². The Bertz CT molecular complexity index is 752. The predicted octanol–water partition coefficient (Wildman–Crippen LogP) is 0.502. The van der Waals surface area contributed by atoms with Crippen molar-refractivity contribution in [2.24, 2.45) is 5.92 Å². The Morgan fingerprint density at radius 3 is 2.61 bits per heavy atom. The molecule has 2 amide bonds. The first kappa shape index (κ1) is 24.7. The molecule has 8 nitrogen and oxygen atoms in total. The number of nitrogens with one attached hydrogen (secondary N) is 4. The van der Waals surface area contributed by atoms with Crippen LogP contribution in [-0.4, -0.2) is 75.7 Å². The van der Waals surface area contributed by atoms with Crippen LogP contribution in [0.4, 0.5) is 0 Å². The summed E-state index contributed by atoms with van der Waals surface area (Å²) >= 11 is 0. The Labute approximate surface area is 185 Å². The fraction of sp³-hybridized carbons (Fsp3) is 0.565. The molecule has 172 valence electrons. The number of amides is 2. The van der Waals surface area contributed by atoms with Crippen LogP contribution in [0, 0.1) is 5.92 Å². The number of rotatable bonds is 2. The maximum Gasteiger partial charge on any atom is 0.243 e. The fourth-order valence-corrected chi connectivity index (χ4v) is 3.30. The van der Waals surface area contributed by atoms with E-state index in [0.717, 1.165) is 17.7 Å². The van der Waals surface area contributed by atoms with Gasteiger partial charge in [-0.1, -0.05) is 31.7 Å². The number of fused-ring (bicyclic) bond motifs is 1. The van der Waals surface area contributed by atoms with Gasteiger partial charge in [-0.3, -0.25) is 9.59 Å². The lowest BCUT2D eigenvalue weighted by atomic mass is 10.00. The summed E-state index contributed by atoms with van der Waals surface area (Å²) in [5, 5.41) is 12.2. The topological polar surface area (TPSA) is 94.7 Å². The monoisotopic (exact) mass is 431 g/mol. The summed E-state index contributed by atoms with van der Waals surface area (Å²) < 4.78 is 6.06. The van der Waals surface area contributed by atoms with Crippen LogP contribution in [0.25, 0.3) is 0 Å². The van der Waals surface area contributed by atoms with Crippen molar-refractivity contribution in [3.8, 4) is 5.75 Å². The average molecular weight is 432 g/mol. The second-order valence-electron chi connectivity index (χ2n) is 8.59. The average Bonchev–Trinajstić information content (AvgIpc) is 2.72. The SMILES string of the molecule is C=C1CN[C@@H](C)COc2ccccc2CC(C)CNC(=O)C(CN(C)C)NC(=O)CN1. The highest BCUT2D eigenvalue weighted by molar-refractivity contribution is 5.88. The maximum absolute atomic E-state index is 12.8. The van der Waals surface area contributed by atoms with E-state index >= 15 is 0 Å². The van der Waals surface area contributed by atoms with Crippen LogP contribution in [-0.2, 0) is 16.0 Å². The van der Waals surface area contributed by atoms with Gasteiger partial charge in [0.05, 0.1) is 6.54 Å². The minimum Gasteiger partial charge on any atom is -0.492 e. The van der Waals surface area contributed by atoms with Crippen LogP contribution in [0.15, 0.2) is 36.5 Å². The molecule has 0 saturated heterocycles. The molecule has 4 N–H and O–H groups in total. The number of carbonyl (C=O) groups is 2. The molecule has 1 aromatic rings. The van der Waals surface area contributed by atoms with Crippen molar-refractivity contribution in [1.29, 1.82) is 0 Å². The van der Waals surface area contributed by atoms with Gasteiger partial charge in [0.1, 0.15) is 18.4 Å². The van der Waals surface area contributed by atoms with E-state index in [1.807, 2.05) is 44.1 Å². The fourth-order valence-electron chi connectivity index (χ4n) is 3.30. The second-order valence-corrected chi connectivity index (χ2v) is 8.59. The molecule has 2 unspecified atom stereocenters. The molecule has 0 aliphatic carbocycles. The lowest BCUT2D eigenvalue weighted by molar-refractivity contribution is -0.129. The Kier molecular flexibility index (Phi) is 9.81. The van der Waals surface area contributed by atoms with Gasteiger partial charge in [-0.05, 0) is 45.0 Å². The Morgan fingerprint density at radius 2 is 1.87 bits per heavy atom. The lowest BCUT2D eigenvalue weighted by Gasteiger charge is -2.24. The molecule has 0 radical (unpaired) electrons. The van der Waals surface area contributed by atoms with Crippen LogP contribution in [0.3, 0.4) is 0 Å². The number of hydrogen-bond donors (Lipinski definition) is 4. The first-order valence-corrected chi connectivity index (χ1v) is 10.8. The maximum atomic E-state index is 12.8. The molecule has 31 heavy (non-hydrogen) atoms. The van der Waals surface area contributed by atoms with Crippen LogP contribution >= 0.6 is 0 Å². The third-order valence-corrected chi connectivity index (χ3v) is 5.02. The highest BCUT2D eigenvalue weighted by Gasteiger charge is 2.22. The minimum absolute atomic E-state index is 0.0619. The van der Waals surface area contributed by atoms with Gasteiger partial charge in [-0.25, -0.2) is 0 Å². The Balaban J connectivity index is 2.14. The molecule has 3 atom stereocenters. The normalized spacial score (nSPS) is 24.7. The summed E-state index contributed by atoms with van der Waals surface area (Å²) in [6.45, 7) is 10.1. The minimum atomic E-state index is -0.627. The molecular weight excluding hydrogens is 394 g/mol. The van der Waals surface area contributed by atoms with E-state index < -0.39 is 6.04 Å². The van der Waals surface area contributed by atoms with E-state index in [1.165, 1.54) is 0 Å². The van der Waals surface area contributed by atoms with E-state index in [0.29, 0.717) is 31.9 Å². The van der Waals surface area contributed by atoms with E-state index in [9.17, 15) is 9.59 Å². The van der Waals surface area contributed by atoms with Gasteiger partial charge in [0, 0.05) is 31.4 Å². The third kappa shape index (κ3) is 8.98. The summed E-state index contributed by atoms with van der Waals surface area (Å²) in [4.78, 5) is 27.0. The largest absolute Gasteiger partial charge is 0.492 e. The number of carbonyl (C=O) groups excluding carboxylic acids is 2. The number of ether oxygens (including phenoxy) is 1. The molecule has 0 saturated carbocycles. The van der Waals surface area contributed by atoms with Crippen LogP contribution in [0.1, 0.15) is 19.4 Å². The number of nitrogens with zero attached hydrogens (tertiary/aromatic N) is 1. The highest BCUT2D eigenvalue weighted by atomic mass is 16.5. The quantitative estimate of drug-likeness (QED) is 0.545. The van der Waals surface area contributed by atoms with Crippen molar-refractivity contribution in [3.63, 3.8) is 0 Å². The standard InChI is InChI=1S/C23H37N5O3/c1-16-10-19-8-6-7-9-21(19)31-15-18(3)24-12-17(2)25-13-22(29)27-20(14-28(4)5)23(30)26-11-16/h6-9,16,18,20,24-25H,2,10-15H2,1,3-5H3,(H,26,30)(H,27,29)/t16?,18-,20?/m0/s1. The van der Waals surface area contributed by atoms with Gasteiger partial charge in [0.25, 0.3) is 0 Å². The molecule has 0 bridgehead atoms. The summed E-state index contributed by atoms with van der Waals surface area (Å²) in [5.41, 5.74) is 1.81. The predicted molar refractivity (Wildman–Crippen MR) is 123 cm³/mol. The number of benzene rings is 1. The van der Waals surface area contributed by atoms with Gasteiger partial charge in [0.15, 0.2) is 0 Å². The van der Waals surface area contributed by atoms with Crippen molar-refractivity contribution in [3.05, 3.63) is 42.1 Å². The Morgan fingerprint density at radius 1 is 1.13 bits per heavy atom. The summed E-state index contributed by atoms with van der Waals surface area (Å²) in [6, 6.07) is 7.49. The van der Waals surface area contributed by atoms with E-state index in [1.54, 1.807) is 0 Å². The van der Waals surface area contributed by atoms with Gasteiger partial charge in [0.2, 0.25) is 11.8 Å². The zero-order chi connectivity index (χ0) is 22.8. The molecule has 1 aromatic carbocycles. The number of likely N-dealkylation sites (N-methyl/N-ethyl adjacent to an activating group) is 1. The van der Waals surface area contributed by atoms with Crippen LogP contribution in [0.5, 0.6) is 5.75 Å². The summed E-state index contributed by atoms with van der Waals surface area (Å²) in [5.74, 6) is 0.644. The van der Waals surface area contributed by atoms with Crippen LogP contribution < -0.4 is 26.0 Å². The highest BCUT2D eigenvalue weighted by Crippen LogP contribution is 2.21. The zero-order valence-corrected chi connectivity index (χ0v) is 19.2. The molecule has 0 spiro atoms. The zero-order valence-electron chi connectivity index (χ0n) is 19.2. The number of hydrogen-bond acceptors (Lipinski definition) is 6. The van der Waals surface area contributed by atoms with Gasteiger partial charge in [-0.15, -0.1) is 0 Å². The van der Waals surface area contributed by atoms with Crippen molar-refractivity contribution in [1.82, 2.24) is 26.2 Å². The number of para-hydroxylation sites is 1. The molecule has 0 aromatic heterocycles. The molecule has 1 aliphatic rings. The van der Waals surface area contributed by atoms with Crippen molar-refractivity contribution >= 4 is 11.8 Å². The van der Waals surface area contributed by atoms with Gasteiger partial charge < -0.3 is 30.9 Å². The van der Waals surface area contributed by atoms with E-state index in [2.05, 4.69) is 40.8 Å². The van der Waals surface area contributed by atoms with Crippen molar-refractivity contribution < 1.29 is 14.3 Å². The van der Waals surface area contributed by atoms with E-state index in [4.69, 9.17) is 4.74 Å². The van der Waals surface area contributed by atoms with Crippen LogP contribution in [0.2, 0.25) is 0 Å². The molecule has 2 rings (SSSR count). The summed E-state index contributed by atoms with van der Waals surface area (Å²) in [7, 11) is 3.74. The van der Waals surface area contributed by atoms with Crippen molar-refractivity contribution in [2.45, 2.75) is 32.4 Å². The third-order valence-electron chi connectivity index (χ3n) is 5.02. The van der Waals surface area contributed by atoms with Gasteiger partial charge in [-0.2, -0.15) is 0 Å². The second kappa shape index (κ2) is 12.3. The molecule has 8 heteroatoms. The molecule has 0 fully saturated rings. The first-order chi connectivity index (χ1) is 14.7. The summed E-state index contributed by atoms with van der Waals surface area (Å²) in [6.07, 6.45) is 0.781. The first-order valence-electron chi connectivity index (χ1n) is 10.8. The van der Waals surface area contributed by atoms with Gasteiger partial charge >= 0.3 is 0 Å². The lowest BCUT2D eigenvalue weighted by Crippen LogP contribution is -2.53. The molecular formula is C23H37N5O3.